The van der Waals surface area contributed by atoms with Gasteiger partial charge in [0, 0.05) is 24.3 Å². The van der Waals surface area contributed by atoms with E-state index in [1.54, 1.807) is 18.3 Å². The first-order chi connectivity index (χ1) is 10.3. The van der Waals surface area contributed by atoms with Crippen molar-refractivity contribution in [3.05, 3.63) is 65.0 Å². The van der Waals surface area contributed by atoms with E-state index in [-0.39, 0.29) is 24.4 Å². The summed E-state index contributed by atoms with van der Waals surface area (Å²) >= 11 is 0. The standard InChI is InChI=1S/C17H19N3O.ClH/c18-11-16-10-14(7-8-19-16)17(21)20-15-6-5-12-3-1-2-4-13(12)9-15;/h1-4,7-8,10,15H,5-6,9,11,18H2,(H,20,21);1H. The molecule has 1 aromatic carbocycles. The van der Waals surface area contributed by atoms with E-state index in [0.29, 0.717) is 12.1 Å². The summed E-state index contributed by atoms with van der Waals surface area (Å²) in [6.07, 6.45) is 4.53. The smallest absolute Gasteiger partial charge is 0.251 e. The number of carbonyl (C=O) groups excluding carboxylic acids is 1. The van der Waals surface area contributed by atoms with Crippen molar-refractivity contribution in [3.8, 4) is 0 Å². The number of benzene rings is 1. The SMILES string of the molecule is Cl.NCc1cc(C(=O)NC2CCc3ccccc3C2)ccn1. The van der Waals surface area contributed by atoms with Crippen molar-refractivity contribution >= 4 is 18.3 Å². The number of aromatic nitrogens is 1. The van der Waals surface area contributed by atoms with Gasteiger partial charge < -0.3 is 11.1 Å². The van der Waals surface area contributed by atoms with Crippen molar-refractivity contribution in [3.63, 3.8) is 0 Å². The van der Waals surface area contributed by atoms with Gasteiger partial charge in [-0.05, 0) is 42.5 Å². The Morgan fingerprint density at radius 1 is 1.27 bits per heavy atom. The molecular weight excluding hydrogens is 298 g/mol. The molecule has 2 aromatic rings. The highest BCUT2D eigenvalue weighted by Gasteiger charge is 2.20. The van der Waals surface area contributed by atoms with Gasteiger partial charge in [-0.25, -0.2) is 0 Å². The first-order valence-corrected chi connectivity index (χ1v) is 7.29. The monoisotopic (exact) mass is 317 g/mol. The quantitative estimate of drug-likeness (QED) is 0.912. The number of nitrogens with two attached hydrogens (primary N) is 1. The summed E-state index contributed by atoms with van der Waals surface area (Å²) in [7, 11) is 0. The van der Waals surface area contributed by atoms with Crippen LogP contribution in [0.5, 0.6) is 0 Å². The number of rotatable bonds is 3. The molecule has 4 nitrogen and oxygen atoms in total. The Morgan fingerprint density at radius 2 is 2.05 bits per heavy atom. The summed E-state index contributed by atoms with van der Waals surface area (Å²) in [5, 5.41) is 3.12. The number of hydrogen-bond donors (Lipinski definition) is 2. The van der Waals surface area contributed by atoms with Crippen molar-refractivity contribution in [2.45, 2.75) is 31.8 Å². The number of nitrogens with one attached hydrogen (secondary N) is 1. The first-order valence-electron chi connectivity index (χ1n) is 7.29. The van der Waals surface area contributed by atoms with Crippen LogP contribution in [-0.4, -0.2) is 16.9 Å². The molecule has 1 aromatic heterocycles. The molecule has 3 rings (SSSR count). The number of aryl methyl sites for hydroxylation is 1. The van der Waals surface area contributed by atoms with Gasteiger partial charge in [0.25, 0.3) is 5.91 Å². The number of pyridine rings is 1. The van der Waals surface area contributed by atoms with Gasteiger partial charge in [-0.2, -0.15) is 0 Å². The molecule has 0 fully saturated rings. The zero-order valence-corrected chi connectivity index (χ0v) is 13.1. The van der Waals surface area contributed by atoms with Crippen LogP contribution in [0.25, 0.3) is 0 Å². The lowest BCUT2D eigenvalue weighted by Crippen LogP contribution is -2.38. The second kappa shape index (κ2) is 7.38. The summed E-state index contributed by atoms with van der Waals surface area (Å²) < 4.78 is 0. The van der Waals surface area contributed by atoms with Crippen molar-refractivity contribution < 1.29 is 4.79 Å². The lowest BCUT2D eigenvalue weighted by molar-refractivity contribution is 0.0933. The van der Waals surface area contributed by atoms with Crippen molar-refractivity contribution in [1.82, 2.24) is 10.3 Å². The summed E-state index contributed by atoms with van der Waals surface area (Å²) in [4.78, 5) is 16.4. The van der Waals surface area contributed by atoms with E-state index in [1.807, 2.05) is 0 Å². The molecule has 0 saturated heterocycles. The average molecular weight is 318 g/mol. The Morgan fingerprint density at radius 3 is 2.82 bits per heavy atom. The van der Waals surface area contributed by atoms with Gasteiger partial charge in [-0.15, -0.1) is 12.4 Å². The van der Waals surface area contributed by atoms with Crippen molar-refractivity contribution in [2.75, 3.05) is 0 Å². The molecule has 0 radical (unpaired) electrons. The third kappa shape index (κ3) is 3.64. The topological polar surface area (TPSA) is 68.0 Å². The fourth-order valence-corrected chi connectivity index (χ4v) is 2.82. The number of hydrogen-bond acceptors (Lipinski definition) is 3. The normalized spacial score (nSPS) is 16.3. The molecule has 0 aliphatic heterocycles. The zero-order valence-electron chi connectivity index (χ0n) is 12.3. The molecule has 5 heteroatoms. The Balaban J connectivity index is 0.00000176. The van der Waals surface area contributed by atoms with Gasteiger partial charge in [0.2, 0.25) is 0 Å². The predicted octanol–water partition coefficient (Wildman–Crippen LogP) is 2.25. The Labute approximate surface area is 136 Å². The van der Waals surface area contributed by atoms with Crippen LogP contribution in [0.3, 0.4) is 0 Å². The highest BCUT2D eigenvalue weighted by Crippen LogP contribution is 2.21. The number of carbonyl (C=O) groups is 1. The highest BCUT2D eigenvalue weighted by molar-refractivity contribution is 5.94. The molecule has 1 aliphatic rings. The van der Waals surface area contributed by atoms with Crippen LogP contribution in [0.1, 0.15) is 33.6 Å². The van der Waals surface area contributed by atoms with Gasteiger partial charge in [0.1, 0.15) is 0 Å². The molecule has 1 aliphatic carbocycles. The maximum atomic E-state index is 12.3. The average Bonchev–Trinajstić information content (AvgIpc) is 2.54. The Kier molecular flexibility index (Phi) is 5.52. The first kappa shape index (κ1) is 16.5. The number of fused-ring (bicyclic) bond motifs is 1. The van der Waals surface area contributed by atoms with E-state index >= 15 is 0 Å². The maximum absolute atomic E-state index is 12.3. The molecule has 22 heavy (non-hydrogen) atoms. The van der Waals surface area contributed by atoms with E-state index in [9.17, 15) is 4.79 Å². The number of amides is 1. The predicted molar refractivity (Wildman–Crippen MR) is 89.1 cm³/mol. The lowest BCUT2D eigenvalue weighted by Gasteiger charge is -2.25. The molecule has 1 unspecified atom stereocenters. The van der Waals surface area contributed by atoms with E-state index < -0.39 is 0 Å². The van der Waals surface area contributed by atoms with Crippen LogP contribution in [0, 0.1) is 0 Å². The van der Waals surface area contributed by atoms with Crippen LogP contribution >= 0.6 is 12.4 Å². The third-order valence-corrected chi connectivity index (χ3v) is 3.97. The van der Waals surface area contributed by atoms with E-state index in [2.05, 4.69) is 34.6 Å². The minimum atomic E-state index is -0.0449. The Hall–Kier alpha value is -1.91. The molecule has 3 N–H and O–H groups in total. The van der Waals surface area contributed by atoms with Crippen LogP contribution in [0.15, 0.2) is 42.6 Å². The van der Waals surface area contributed by atoms with Gasteiger partial charge in [0.05, 0.1) is 5.69 Å². The highest BCUT2D eigenvalue weighted by atomic mass is 35.5. The van der Waals surface area contributed by atoms with Gasteiger partial charge in [-0.1, -0.05) is 24.3 Å². The zero-order chi connectivity index (χ0) is 14.7. The second-order valence-electron chi connectivity index (χ2n) is 5.42. The fraction of sp³-hybridized carbons (Fsp3) is 0.294. The summed E-state index contributed by atoms with van der Waals surface area (Å²) in [6.45, 7) is 0.345. The summed E-state index contributed by atoms with van der Waals surface area (Å²) in [5.41, 5.74) is 9.66. The maximum Gasteiger partial charge on any atom is 0.251 e. The van der Waals surface area contributed by atoms with Gasteiger partial charge in [0.15, 0.2) is 0 Å². The van der Waals surface area contributed by atoms with Crippen LogP contribution < -0.4 is 11.1 Å². The molecule has 0 saturated carbocycles. The third-order valence-electron chi connectivity index (χ3n) is 3.97. The van der Waals surface area contributed by atoms with Crippen LogP contribution in [0.4, 0.5) is 0 Å². The minimum absolute atomic E-state index is 0. The van der Waals surface area contributed by atoms with Crippen LogP contribution in [0.2, 0.25) is 0 Å². The summed E-state index contributed by atoms with van der Waals surface area (Å²) in [6, 6.07) is 12.1. The Bertz CT molecular complexity index is 660. The molecule has 0 spiro atoms. The van der Waals surface area contributed by atoms with E-state index in [4.69, 9.17) is 5.73 Å². The molecule has 0 bridgehead atoms. The largest absolute Gasteiger partial charge is 0.349 e. The van der Waals surface area contributed by atoms with Crippen LogP contribution in [-0.2, 0) is 19.4 Å². The number of nitrogens with zero attached hydrogens (tertiary/aromatic N) is 1. The minimum Gasteiger partial charge on any atom is -0.349 e. The number of halogens is 1. The molecular formula is C17H20ClN3O. The molecule has 116 valence electrons. The summed E-state index contributed by atoms with van der Waals surface area (Å²) in [5.74, 6) is -0.0449. The van der Waals surface area contributed by atoms with E-state index in [0.717, 1.165) is 25.0 Å². The second-order valence-corrected chi connectivity index (χ2v) is 5.42. The van der Waals surface area contributed by atoms with Crippen molar-refractivity contribution in [2.24, 2.45) is 5.73 Å². The molecule has 1 heterocycles. The van der Waals surface area contributed by atoms with Crippen molar-refractivity contribution in [1.29, 1.82) is 0 Å². The molecule has 1 amide bonds. The lowest BCUT2D eigenvalue weighted by atomic mass is 9.88. The van der Waals surface area contributed by atoms with E-state index in [1.165, 1.54) is 11.1 Å². The van der Waals surface area contributed by atoms with Gasteiger partial charge in [-0.3, -0.25) is 9.78 Å². The fourth-order valence-electron chi connectivity index (χ4n) is 2.82. The molecule has 1 atom stereocenters. The van der Waals surface area contributed by atoms with Gasteiger partial charge >= 0.3 is 0 Å².